The van der Waals surface area contributed by atoms with Gasteiger partial charge in [0.1, 0.15) is 10.6 Å². The Labute approximate surface area is 149 Å². The molecule has 134 valence electrons. The summed E-state index contributed by atoms with van der Waals surface area (Å²) in [7, 11) is -4.53. The molecule has 26 heavy (non-hydrogen) atoms. The molecule has 7 nitrogen and oxygen atoms in total. The number of aryl methyl sites for hydroxylation is 1. The van der Waals surface area contributed by atoms with E-state index >= 15 is 0 Å². The van der Waals surface area contributed by atoms with Gasteiger partial charge in [-0.3, -0.25) is 9.35 Å². The SMILES string of the molecule is Cc1ccc(C(=O)Nc2ccc3cc(S(=O)(=O)O)c(O)cc3c2)cc1N. The average Bonchev–Trinajstić information content (AvgIpc) is 2.55. The van der Waals surface area contributed by atoms with Gasteiger partial charge in [0.2, 0.25) is 0 Å². The van der Waals surface area contributed by atoms with Crippen LogP contribution in [-0.4, -0.2) is 24.0 Å². The summed E-state index contributed by atoms with van der Waals surface area (Å²) in [5.41, 5.74) is 8.06. The third-order valence-corrected chi connectivity index (χ3v) is 4.88. The van der Waals surface area contributed by atoms with Crippen molar-refractivity contribution in [3.05, 3.63) is 59.7 Å². The van der Waals surface area contributed by atoms with Crippen molar-refractivity contribution in [2.75, 3.05) is 11.1 Å². The minimum Gasteiger partial charge on any atom is -0.506 e. The van der Waals surface area contributed by atoms with Gasteiger partial charge in [-0.1, -0.05) is 12.1 Å². The number of carbonyl (C=O) groups excluding carboxylic acids is 1. The quantitative estimate of drug-likeness (QED) is 0.413. The van der Waals surface area contributed by atoms with E-state index in [1.54, 1.807) is 36.4 Å². The van der Waals surface area contributed by atoms with Crippen LogP contribution in [0.25, 0.3) is 10.8 Å². The van der Waals surface area contributed by atoms with Gasteiger partial charge in [-0.25, -0.2) is 0 Å². The minimum atomic E-state index is -4.53. The highest BCUT2D eigenvalue weighted by molar-refractivity contribution is 7.86. The molecule has 0 aliphatic carbocycles. The van der Waals surface area contributed by atoms with Crippen molar-refractivity contribution in [1.82, 2.24) is 0 Å². The lowest BCUT2D eigenvalue weighted by Crippen LogP contribution is -2.12. The zero-order chi connectivity index (χ0) is 19.1. The molecule has 0 saturated carbocycles. The predicted molar refractivity (Wildman–Crippen MR) is 99.0 cm³/mol. The first-order chi connectivity index (χ1) is 12.1. The van der Waals surface area contributed by atoms with Crippen LogP contribution >= 0.6 is 0 Å². The number of phenolic OH excluding ortho intramolecular Hbond substituents is 1. The van der Waals surface area contributed by atoms with Gasteiger partial charge in [0.15, 0.2) is 0 Å². The summed E-state index contributed by atoms with van der Waals surface area (Å²) in [6.45, 7) is 1.84. The smallest absolute Gasteiger partial charge is 0.298 e. The van der Waals surface area contributed by atoms with Gasteiger partial charge in [-0.15, -0.1) is 0 Å². The van der Waals surface area contributed by atoms with Crippen molar-refractivity contribution in [1.29, 1.82) is 0 Å². The van der Waals surface area contributed by atoms with Gasteiger partial charge >= 0.3 is 0 Å². The summed E-state index contributed by atoms with van der Waals surface area (Å²) in [5, 5.41) is 13.5. The van der Waals surface area contributed by atoms with Gasteiger partial charge in [0.25, 0.3) is 16.0 Å². The molecule has 0 aliphatic rings. The molecular formula is C18H16N2O5S. The number of amides is 1. The maximum Gasteiger partial charge on any atom is 0.298 e. The van der Waals surface area contributed by atoms with E-state index in [1.165, 1.54) is 6.07 Å². The van der Waals surface area contributed by atoms with E-state index in [0.717, 1.165) is 11.6 Å². The Kier molecular flexibility index (Phi) is 4.31. The van der Waals surface area contributed by atoms with E-state index in [-0.39, 0.29) is 5.91 Å². The maximum atomic E-state index is 12.3. The number of nitrogens with one attached hydrogen (secondary N) is 1. The molecule has 0 unspecified atom stereocenters. The molecular weight excluding hydrogens is 356 g/mol. The Morgan fingerprint density at radius 3 is 2.42 bits per heavy atom. The Hall–Kier alpha value is -3.10. The molecule has 0 saturated heterocycles. The van der Waals surface area contributed by atoms with Crippen molar-refractivity contribution in [3.63, 3.8) is 0 Å². The summed E-state index contributed by atoms with van der Waals surface area (Å²) in [5.74, 6) is -0.926. The molecule has 1 amide bonds. The average molecular weight is 372 g/mol. The number of phenols is 1. The summed E-state index contributed by atoms with van der Waals surface area (Å²) < 4.78 is 31.6. The number of nitrogens with two attached hydrogens (primary N) is 1. The van der Waals surface area contributed by atoms with Crippen LogP contribution in [0.3, 0.4) is 0 Å². The second-order valence-electron chi connectivity index (χ2n) is 5.88. The number of anilines is 2. The molecule has 0 radical (unpaired) electrons. The molecule has 3 aromatic rings. The van der Waals surface area contributed by atoms with Crippen molar-refractivity contribution in [2.45, 2.75) is 11.8 Å². The van der Waals surface area contributed by atoms with E-state index in [2.05, 4.69) is 5.32 Å². The molecule has 0 bridgehead atoms. The Morgan fingerprint density at radius 2 is 1.77 bits per heavy atom. The van der Waals surface area contributed by atoms with E-state index < -0.39 is 20.8 Å². The Bertz CT molecular complexity index is 1140. The number of carbonyl (C=O) groups is 1. The van der Waals surface area contributed by atoms with Crippen LogP contribution in [0.2, 0.25) is 0 Å². The standard InChI is InChI=1S/C18H16N2O5S/c1-10-2-3-12(7-15(10)19)18(22)20-14-5-4-11-9-17(26(23,24)25)16(21)8-13(11)6-14/h2-9,21H,19H2,1H3,(H,20,22)(H,23,24,25). The maximum absolute atomic E-state index is 12.3. The normalized spacial score (nSPS) is 11.5. The highest BCUT2D eigenvalue weighted by atomic mass is 32.2. The summed E-state index contributed by atoms with van der Waals surface area (Å²) in [6.07, 6.45) is 0. The van der Waals surface area contributed by atoms with Crippen LogP contribution in [0.4, 0.5) is 11.4 Å². The Balaban J connectivity index is 1.94. The summed E-state index contributed by atoms with van der Waals surface area (Å²) in [6, 6.07) is 12.1. The fourth-order valence-electron chi connectivity index (χ4n) is 2.53. The van der Waals surface area contributed by atoms with Crippen LogP contribution in [0.5, 0.6) is 5.75 Å². The van der Waals surface area contributed by atoms with Crippen LogP contribution in [0.15, 0.2) is 53.4 Å². The van der Waals surface area contributed by atoms with E-state index in [9.17, 15) is 18.3 Å². The van der Waals surface area contributed by atoms with Gasteiger partial charge in [0.05, 0.1) is 0 Å². The highest BCUT2D eigenvalue weighted by Crippen LogP contribution is 2.30. The van der Waals surface area contributed by atoms with E-state index in [0.29, 0.717) is 27.7 Å². The minimum absolute atomic E-state index is 0.352. The van der Waals surface area contributed by atoms with Gasteiger partial charge in [-0.2, -0.15) is 8.42 Å². The first-order valence-electron chi connectivity index (χ1n) is 7.57. The molecule has 3 aromatic carbocycles. The predicted octanol–water partition coefficient (Wildman–Crippen LogP) is 2.94. The van der Waals surface area contributed by atoms with Crippen LogP contribution < -0.4 is 11.1 Å². The summed E-state index contributed by atoms with van der Waals surface area (Å²) in [4.78, 5) is 11.8. The number of hydrogen-bond donors (Lipinski definition) is 4. The third-order valence-electron chi connectivity index (χ3n) is 4.00. The largest absolute Gasteiger partial charge is 0.506 e. The second kappa shape index (κ2) is 6.32. The number of fused-ring (bicyclic) bond motifs is 1. The van der Waals surface area contributed by atoms with Crippen molar-refractivity contribution in [2.24, 2.45) is 0 Å². The number of hydrogen-bond acceptors (Lipinski definition) is 5. The van der Waals surface area contributed by atoms with Gasteiger partial charge in [-0.05, 0) is 59.7 Å². The Morgan fingerprint density at radius 1 is 1.04 bits per heavy atom. The fraction of sp³-hybridized carbons (Fsp3) is 0.0556. The van der Waals surface area contributed by atoms with Crippen molar-refractivity contribution < 1.29 is 22.9 Å². The molecule has 8 heteroatoms. The lowest BCUT2D eigenvalue weighted by atomic mass is 10.1. The molecule has 3 rings (SSSR count). The number of nitrogen functional groups attached to an aromatic ring is 1. The van der Waals surface area contributed by atoms with Crippen LogP contribution in [0, 0.1) is 6.92 Å². The van der Waals surface area contributed by atoms with Gasteiger partial charge < -0.3 is 16.2 Å². The van der Waals surface area contributed by atoms with Crippen molar-refractivity contribution in [3.8, 4) is 5.75 Å². The monoisotopic (exact) mass is 372 g/mol. The molecule has 0 atom stereocenters. The number of benzene rings is 3. The second-order valence-corrected chi connectivity index (χ2v) is 7.27. The fourth-order valence-corrected chi connectivity index (χ4v) is 3.13. The highest BCUT2D eigenvalue weighted by Gasteiger charge is 2.16. The van der Waals surface area contributed by atoms with E-state index in [4.69, 9.17) is 10.3 Å². The number of rotatable bonds is 3. The van der Waals surface area contributed by atoms with Crippen molar-refractivity contribution >= 4 is 38.2 Å². The number of aromatic hydroxyl groups is 1. The zero-order valence-corrected chi connectivity index (χ0v) is 14.5. The van der Waals surface area contributed by atoms with Gasteiger partial charge in [0, 0.05) is 16.9 Å². The van der Waals surface area contributed by atoms with E-state index in [1.807, 2.05) is 6.92 Å². The zero-order valence-electron chi connectivity index (χ0n) is 13.7. The third kappa shape index (κ3) is 3.46. The first-order valence-corrected chi connectivity index (χ1v) is 9.01. The molecule has 0 aromatic heterocycles. The molecule has 0 aliphatic heterocycles. The topological polar surface area (TPSA) is 130 Å². The van der Waals surface area contributed by atoms with Crippen LogP contribution in [0.1, 0.15) is 15.9 Å². The lowest BCUT2D eigenvalue weighted by Gasteiger charge is -2.09. The molecule has 0 heterocycles. The molecule has 0 fully saturated rings. The first kappa shape index (κ1) is 17.7. The van der Waals surface area contributed by atoms with Crippen LogP contribution in [-0.2, 0) is 10.1 Å². The summed E-state index contributed by atoms with van der Waals surface area (Å²) >= 11 is 0. The lowest BCUT2D eigenvalue weighted by molar-refractivity contribution is 0.102. The molecule has 0 spiro atoms. The molecule has 5 N–H and O–H groups in total.